The van der Waals surface area contributed by atoms with Crippen LogP contribution in [0.25, 0.3) is 0 Å². The van der Waals surface area contributed by atoms with Crippen molar-refractivity contribution < 1.29 is 27.5 Å². The van der Waals surface area contributed by atoms with Crippen molar-refractivity contribution in [2.45, 2.75) is 57.5 Å². The van der Waals surface area contributed by atoms with Crippen LogP contribution in [0.4, 0.5) is 5.69 Å². The Bertz CT molecular complexity index is 1440. The number of carbonyl (C=O) groups excluding carboxylic acids is 2. The van der Waals surface area contributed by atoms with Crippen LogP contribution in [-0.4, -0.2) is 64.5 Å². The van der Waals surface area contributed by atoms with E-state index in [0.717, 1.165) is 21.9 Å². The van der Waals surface area contributed by atoms with Crippen LogP contribution in [-0.2, 0) is 26.0 Å². The Morgan fingerprint density at radius 2 is 1.55 bits per heavy atom. The summed E-state index contributed by atoms with van der Waals surface area (Å²) in [5.41, 5.74) is 2.12. The highest BCUT2D eigenvalue weighted by Crippen LogP contribution is 2.34. The van der Waals surface area contributed by atoms with Gasteiger partial charge in [-0.25, -0.2) is 8.42 Å². The van der Waals surface area contributed by atoms with Crippen molar-refractivity contribution in [3.8, 4) is 11.5 Å². The van der Waals surface area contributed by atoms with Gasteiger partial charge in [-0.15, -0.1) is 0 Å². The van der Waals surface area contributed by atoms with Crippen LogP contribution in [0.15, 0.2) is 77.7 Å². The van der Waals surface area contributed by atoms with E-state index < -0.39 is 28.5 Å². The molecule has 10 heteroatoms. The zero-order chi connectivity index (χ0) is 30.9. The molecule has 0 aromatic heterocycles. The summed E-state index contributed by atoms with van der Waals surface area (Å²) in [7, 11) is -1.25. The Hall–Kier alpha value is -4.05. The summed E-state index contributed by atoms with van der Waals surface area (Å²) < 4.78 is 39.9. The molecule has 226 valence electrons. The number of aryl methyl sites for hydroxylation is 1. The maximum absolute atomic E-state index is 14.0. The Balaban J connectivity index is 2.03. The zero-order valence-electron chi connectivity index (χ0n) is 25.2. The van der Waals surface area contributed by atoms with E-state index in [1.807, 2.05) is 51.1 Å². The molecule has 0 saturated carbocycles. The number of nitrogens with one attached hydrogen (secondary N) is 1. The topological polar surface area (TPSA) is 105 Å². The lowest BCUT2D eigenvalue weighted by Crippen LogP contribution is -2.53. The van der Waals surface area contributed by atoms with Crippen molar-refractivity contribution in [3.63, 3.8) is 0 Å². The minimum absolute atomic E-state index is 0.0362. The summed E-state index contributed by atoms with van der Waals surface area (Å²) in [6, 6.07) is 19.8. The molecule has 0 fully saturated rings. The molecule has 2 atom stereocenters. The van der Waals surface area contributed by atoms with Gasteiger partial charge in [0.2, 0.25) is 11.8 Å². The van der Waals surface area contributed by atoms with Crippen LogP contribution in [0.1, 0.15) is 38.3 Å². The number of ether oxygens (including phenoxy) is 2. The van der Waals surface area contributed by atoms with Crippen LogP contribution in [0.3, 0.4) is 0 Å². The van der Waals surface area contributed by atoms with E-state index >= 15 is 0 Å². The van der Waals surface area contributed by atoms with Crippen molar-refractivity contribution in [2.24, 2.45) is 0 Å². The molecule has 2 amide bonds. The van der Waals surface area contributed by atoms with Gasteiger partial charge in [-0.2, -0.15) is 0 Å². The average Bonchev–Trinajstić information content (AvgIpc) is 2.99. The third-order valence-electron chi connectivity index (χ3n) is 7.20. The number of anilines is 1. The fraction of sp³-hybridized carbons (Fsp3) is 0.375. The molecule has 0 saturated heterocycles. The molecule has 0 spiro atoms. The fourth-order valence-electron chi connectivity index (χ4n) is 4.38. The predicted octanol–water partition coefficient (Wildman–Crippen LogP) is 4.58. The number of rotatable bonds is 14. The summed E-state index contributed by atoms with van der Waals surface area (Å²) in [5, 5.41) is 2.94. The summed E-state index contributed by atoms with van der Waals surface area (Å²) in [6.45, 7) is 7.08. The van der Waals surface area contributed by atoms with Gasteiger partial charge in [0.05, 0.1) is 24.8 Å². The molecule has 1 N–H and O–H groups in total. The van der Waals surface area contributed by atoms with Gasteiger partial charge < -0.3 is 19.7 Å². The minimum Gasteiger partial charge on any atom is -0.493 e. The summed E-state index contributed by atoms with van der Waals surface area (Å²) in [5.74, 6) is -0.0816. The van der Waals surface area contributed by atoms with E-state index in [2.05, 4.69) is 5.32 Å². The first-order chi connectivity index (χ1) is 20.0. The van der Waals surface area contributed by atoms with Gasteiger partial charge in [-0.05, 0) is 63.4 Å². The predicted molar refractivity (Wildman–Crippen MR) is 164 cm³/mol. The molecule has 3 aromatic carbocycles. The Morgan fingerprint density at radius 1 is 0.905 bits per heavy atom. The molecule has 0 bridgehead atoms. The average molecular weight is 596 g/mol. The van der Waals surface area contributed by atoms with Crippen molar-refractivity contribution in [1.29, 1.82) is 0 Å². The molecule has 3 aromatic rings. The lowest BCUT2D eigenvalue weighted by atomic mass is 10.1. The lowest BCUT2D eigenvalue weighted by molar-refractivity contribution is -0.139. The molecule has 42 heavy (non-hydrogen) atoms. The second-order valence-corrected chi connectivity index (χ2v) is 12.0. The third kappa shape index (κ3) is 8.03. The number of carbonyl (C=O) groups is 2. The second-order valence-electron chi connectivity index (χ2n) is 10.2. The van der Waals surface area contributed by atoms with E-state index in [4.69, 9.17) is 9.47 Å². The number of benzene rings is 3. The number of hydrogen-bond acceptors (Lipinski definition) is 6. The van der Waals surface area contributed by atoms with Gasteiger partial charge in [0.15, 0.2) is 11.5 Å². The summed E-state index contributed by atoms with van der Waals surface area (Å²) >= 11 is 0. The molecular weight excluding hydrogens is 554 g/mol. The van der Waals surface area contributed by atoms with E-state index in [0.29, 0.717) is 17.9 Å². The van der Waals surface area contributed by atoms with Crippen LogP contribution in [0.2, 0.25) is 0 Å². The number of amides is 2. The quantitative estimate of drug-likeness (QED) is 0.293. The van der Waals surface area contributed by atoms with Crippen molar-refractivity contribution in [2.75, 3.05) is 31.6 Å². The maximum atomic E-state index is 14.0. The maximum Gasteiger partial charge on any atom is 0.264 e. The molecule has 9 nitrogen and oxygen atoms in total. The van der Waals surface area contributed by atoms with Gasteiger partial charge in [0.1, 0.15) is 12.6 Å². The molecule has 0 heterocycles. The van der Waals surface area contributed by atoms with Crippen LogP contribution >= 0.6 is 0 Å². The van der Waals surface area contributed by atoms with Gasteiger partial charge in [0, 0.05) is 18.7 Å². The summed E-state index contributed by atoms with van der Waals surface area (Å²) in [4.78, 5) is 28.7. The number of hydrogen-bond donors (Lipinski definition) is 1. The first kappa shape index (κ1) is 32.5. The zero-order valence-corrected chi connectivity index (χ0v) is 26.0. The SMILES string of the molecule is CC[C@@H](C)NC(=O)[C@H](C)N(CCc1ccccc1)C(=O)CN(c1ccc(OC)c(OC)c1)S(=O)(=O)c1ccc(C)cc1. The van der Waals surface area contributed by atoms with E-state index in [1.54, 1.807) is 31.2 Å². The van der Waals surface area contributed by atoms with Crippen molar-refractivity contribution in [3.05, 3.63) is 83.9 Å². The molecule has 0 unspecified atom stereocenters. The van der Waals surface area contributed by atoms with Gasteiger partial charge >= 0.3 is 0 Å². The van der Waals surface area contributed by atoms with E-state index in [1.165, 1.54) is 37.3 Å². The number of methoxy groups -OCH3 is 2. The highest BCUT2D eigenvalue weighted by atomic mass is 32.2. The van der Waals surface area contributed by atoms with E-state index in [9.17, 15) is 18.0 Å². The smallest absolute Gasteiger partial charge is 0.264 e. The van der Waals surface area contributed by atoms with Crippen molar-refractivity contribution in [1.82, 2.24) is 10.2 Å². The van der Waals surface area contributed by atoms with Gasteiger partial charge in [-0.3, -0.25) is 13.9 Å². The highest BCUT2D eigenvalue weighted by molar-refractivity contribution is 7.92. The Kier molecular flexibility index (Phi) is 11.4. The monoisotopic (exact) mass is 595 g/mol. The minimum atomic E-state index is -4.19. The molecule has 0 aliphatic rings. The number of nitrogens with zero attached hydrogens (tertiary/aromatic N) is 2. The first-order valence-electron chi connectivity index (χ1n) is 14.0. The third-order valence-corrected chi connectivity index (χ3v) is 8.98. The van der Waals surface area contributed by atoms with Crippen molar-refractivity contribution >= 4 is 27.5 Å². The largest absolute Gasteiger partial charge is 0.493 e. The molecule has 0 aliphatic heterocycles. The molecule has 0 aliphatic carbocycles. The fourth-order valence-corrected chi connectivity index (χ4v) is 5.79. The highest BCUT2D eigenvalue weighted by Gasteiger charge is 2.33. The second kappa shape index (κ2) is 14.7. The molecule has 0 radical (unpaired) electrons. The van der Waals surface area contributed by atoms with Gasteiger partial charge in [0.25, 0.3) is 10.0 Å². The Labute approximate surface area is 249 Å². The standard InChI is InChI=1S/C32H41N3O6S/c1-7-24(3)33-32(37)25(4)34(20-19-26-11-9-8-10-12-26)31(36)22-35(27-15-18-29(40-5)30(21-27)41-6)42(38,39)28-16-13-23(2)14-17-28/h8-18,21,24-25H,7,19-20,22H2,1-6H3,(H,33,37)/t24-,25+/m1/s1. The normalized spacial score (nSPS) is 12.6. The molecular formula is C32H41N3O6S. The van der Waals surface area contributed by atoms with E-state index in [-0.39, 0.29) is 29.1 Å². The van der Waals surface area contributed by atoms with Gasteiger partial charge in [-0.1, -0.05) is 55.0 Å². The van der Waals surface area contributed by atoms with Crippen LogP contribution < -0.4 is 19.1 Å². The number of sulfonamides is 1. The van der Waals surface area contributed by atoms with Crippen LogP contribution in [0, 0.1) is 6.92 Å². The summed E-state index contributed by atoms with van der Waals surface area (Å²) in [6.07, 6.45) is 1.23. The lowest BCUT2D eigenvalue weighted by Gasteiger charge is -2.32. The Morgan fingerprint density at radius 3 is 2.14 bits per heavy atom. The first-order valence-corrected chi connectivity index (χ1v) is 15.4. The molecule has 3 rings (SSSR count). The van der Waals surface area contributed by atoms with Crippen LogP contribution in [0.5, 0.6) is 11.5 Å².